The predicted molar refractivity (Wildman–Crippen MR) is 79.9 cm³/mol. The highest BCUT2D eigenvalue weighted by Gasteiger charge is 2.24. The quantitative estimate of drug-likeness (QED) is 0.655. The molecule has 1 N–H and O–H groups in total. The van der Waals surface area contributed by atoms with E-state index in [9.17, 15) is 9.59 Å². The Bertz CT molecular complexity index is 588. The van der Waals surface area contributed by atoms with Gasteiger partial charge in [-0.05, 0) is 31.5 Å². The van der Waals surface area contributed by atoms with Crippen LogP contribution in [0.15, 0.2) is 48.7 Å². The molecule has 0 unspecified atom stereocenters. The average molecular weight is 285 g/mol. The maximum atomic E-state index is 12.1. The molecule has 21 heavy (non-hydrogen) atoms. The number of ketones is 1. The van der Waals surface area contributed by atoms with E-state index in [2.05, 4.69) is 4.98 Å². The fourth-order valence-corrected chi connectivity index (χ4v) is 2.20. The third-order valence-electron chi connectivity index (χ3n) is 3.16. The summed E-state index contributed by atoms with van der Waals surface area (Å²) in [6.45, 7) is 3.45. The lowest BCUT2D eigenvalue weighted by Crippen LogP contribution is -2.23. The summed E-state index contributed by atoms with van der Waals surface area (Å²) in [5.41, 5.74) is 1.90. The number of esters is 1. The number of aromatic amines is 1. The summed E-state index contributed by atoms with van der Waals surface area (Å²) in [5, 5.41) is 0. The monoisotopic (exact) mass is 285 g/mol. The Morgan fingerprint density at radius 1 is 1.10 bits per heavy atom. The topological polar surface area (TPSA) is 59.2 Å². The van der Waals surface area contributed by atoms with Gasteiger partial charge in [0.05, 0.1) is 6.10 Å². The summed E-state index contributed by atoms with van der Waals surface area (Å²) < 4.78 is 4.97. The molecule has 0 bridgehead atoms. The Morgan fingerprint density at radius 2 is 1.81 bits per heavy atom. The van der Waals surface area contributed by atoms with E-state index in [-0.39, 0.29) is 18.4 Å². The SMILES string of the molecule is CC(C)OC(=O)C(=O)C[C@@H](c1ccccc1)c1ccc[nH]1. The zero-order valence-electron chi connectivity index (χ0n) is 12.2. The van der Waals surface area contributed by atoms with Gasteiger partial charge in [-0.25, -0.2) is 4.79 Å². The lowest BCUT2D eigenvalue weighted by molar-refractivity contribution is -0.156. The summed E-state index contributed by atoms with van der Waals surface area (Å²) in [6.07, 6.45) is 1.61. The summed E-state index contributed by atoms with van der Waals surface area (Å²) in [6, 6.07) is 13.5. The fourth-order valence-electron chi connectivity index (χ4n) is 2.20. The van der Waals surface area contributed by atoms with Crippen molar-refractivity contribution >= 4 is 11.8 Å². The van der Waals surface area contributed by atoms with E-state index >= 15 is 0 Å². The van der Waals surface area contributed by atoms with E-state index in [1.54, 1.807) is 13.8 Å². The van der Waals surface area contributed by atoms with Gasteiger partial charge in [-0.3, -0.25) is 4.79 Å². The van der Waals surface area contributed by atoms with Crippen LogP contribution < -0.4 is 0 Å². The van der Waals surface area contributed by atoms with Gasteiger partial charge >= 0.3 is 5.97 Å². The minimum Gasteiger partial charge on any atom is -0.457 e. The van der Waals surface area contributed by atoms with Gasteiger partial charge in [0.1, 0.15) is 0 Å². The second kappa shape index (κ2) is 6.88. The van der Waals surface area contributed by atoms with Gasteiger partial charge in [-0.15, -0.1) is 0 Å². The lowest BCUT2D eigenvalue weighted by atomic mass is 9.91. The van der Waals surface area contributed by atoms with Gasteiger partial charge in [0.15, 0.2) is 0 Å². The molecule has 0 aliphatic carbocycles. The van der Waals surface area contributed by atoms with Crippen molar-refractivity contribution in [2.24, 2.45) is 0 Å². The van der Waals surface area contributed by atoms with Crippen molar-refractivity contribution in [1.29, 1.82) is 0 Å². The third-order valence-corrected chi connectivity index (χ3v) is 3.16. The molecule has 0 amide bonds. The molecule has 4 nitrogen and oxygen atoms in total. The molecule has 0 saturated carbocycles. The van der Waals surface area contributed by atoms with Crippen LogP contribution in [0.5, 0.6) is 0 Å². The van der Waals surface area contributed by atoms with Gasteiger partial charge in [0, 0.05) is 24.2 Å². The van der Waals surface area contributed by atoms with Gasteiger partial charge in [0.2, 0.25) is 5.78 Å². The molecule has 0 fully saturated rings. The fraction of sp³-hybridized carbons (Fsp3) is 0.294. The van der Waals surface area contributed by atoms with Crippen molar-refractivity contribution in [3.8, 4) is 0 Å². The summed E-state index contributed by atoms with van der Waals surface area (Å²) >= 11 is 0. The first-order valence-electron chi connectivity index (χ1n) is 7.00. The number of H-pyrrole nitrogens is 1. The molecular weight excluding hydrogens is 266 g/mol. The van der Waals surface area contributed by atoms with Gasteiger partial charge in [-0.1, -0.05) is 30.3 Å². The summed E-state index contributed by atoms with van der Waals surface area (Å²) in [5.74, 6) is -1.45. The van der Waals surface area contributed by atoms with Crippen LogP contribution in [0, 0.1) is 0 Å². The van der Waals surface area contributed by atoms with Crippen LogP contribution in [0.4, 0.5) is 0 Å². The molecule has 1 aromatic carbocycles. The second-order valence-corrected chi connectivity index (χ2v) is 5.17. The summed E-state index contributed by atoms with van der Waals surface area (Å²) in [7, 11) is 0. The molecule has 1 heterocycles. The third kappa shape index (κ3) is 4.05. The van der Waals surface area contributed by atoms with Gasteiger partial charge in [0.25, 0.3) is 0 Å². The molecule has 2 aromatic rings. The number of rotatable bonds is 6. The van der Waals surface area contributed by atoms with Crippen LogP contribution in [-0.4, -0.2) is 22.8 Å². The molecular formula is C17H19NO3. The average Bonchev–Trinajstić information content (AvgIpc) is 2.98. The van der Waals surface area contributed by atoms with E-state index < -0.39 is 11.8 Å². The maximum Gasteiger partial charge on any atom is 0.374 e. The Labute approximate surface area is 124 Å². The van der Waals surface area contributed by atoms with Gasteiger partial charge in [-0.2, -0.15) is 0 Å². The maximum absolute atomic E-state index is 12.1. The van der Waals surface area contributed by atoms with Crippen molar-refractivity contribution in [3.63, 3.8) is 0 Å². The number of carbonyl (C=O) groups excluding carboxylic acids is 2. The van der Waals surface area contributed by atoms with Crippen LogP contribution in [0.25, 0.3) is 0 Å². The van der Waals surface area contributed by atoms with E-state index in [0.29, 0.717) is 0 Å². The summed E-state index contributed by atoms with van der Waals surface area (Å²) in [4.78, 5) is 26.9. The molecule has 1 atom stereocenters. The van der Waals surface area contributed by atoms with E-state index in [4.69, 9.17) is 4.74 Å². The molecule has 0 spiro atoms. The first-order valence-corrected chi connectivity index (χ1v) is 7.00. The lowest BCUT2D eigenvalue weighted by Gasteiger charge is -2.15. The van der Waals surface area contributed by atoms with Crippen LogP contribution >= 0.6 is 0 Å². The number of nitrogens with one attached hydrogen (secondary N) is 1. The van der Waals surface area contributed by atoms with Crippen LogP contribution in [0.3, 0.4) is 0 Å². The predicted octanol–water partition coefficient (Wildman–Crippen LogP) is 3.06. The Hall–Kier alpha value is -2.36. The Morgan fingerprint density at radius 3 is 2.38 bits per heavy atom. The normalized spacial score (nSPS) is 12.1. The zero-order valence-corrected chi connectivity index (χ0v) is 12.2. The Kier molecular flexibility index (Phi) is 4.93. The highest BCUT2D eigenvalue weighted by molar-refractivity contribution is 6.33. The van der Waals surface area contributed by atoms with Crippen LogP contribution in [0.1, 0.15) is 37.4 Å². The van der Waals surface area contributed by atoms with Crippen molar-refractivity contribution in [2.75, 3.05) is 0 Å². The number of carbonyl (C=O) groups is 2. The molecule has 0 radical (unpaired) electrons. The zero-order chi connectivity index (χ0) is 15.2. The Balaban J connectivity index is 2.18. The highest BCUT2D eigenvalue weighted by Crippen LogP contribution is 2.27. The van der Waals surface area contributed by atoms with Crippen molar-refractivity contribution in [2.45, 2.75) is 32.3 Å². The standard InChI is InChI=1S/C17H19NO3/c1-12(2)21-17(20)16(19)11-14(15-9-6-10-18-15)13-7-4-3-5-8-13/h3-10,12,14,18H,11H2,1-2H3/t14-/m0/s1. The van der Waals surface area contributed by atoms with Gasteiger partial charge < -0.3 is 9.72 Å². The molecule has 1 aromatic heterocycles. The number of ether oxygens (including phenoxy) is 1. The van der Waals surface area contributed by atoms with Crippen molar-refractivity contribution in [1.82, 2.24) is 4.98 Å². The van der Waals surface area contributed by atoms with E-state index in [0.717, 1.165) is 11.3 Å². The van der Waals surface area contributed by atoms with Crippen molar-refractivity contribution in [3.05, 3.63) is 59.9 Å². The number of aromatic nitrogens is 1. The first-order chi connectivity index (χ1) is 10.1. The molecule has 110 valence electrons. The highest BCUT2D eigenvalue weighted by atomic mass is 16.5. The minimum atomic E-state index is -0.766. The number of Topliss-reactive ketones (excluding diaryl/α,β-unsaturated/α-hetero) is 1. The number of hydrogen-bond acceptors (Lipinski definition) is 3. The largest absolute Gasteiger partial charge is 0.457 e. The molecule has 0 saturated heterocycles. The smallest absolute Gasteiger partial charge is 0.374 e. The molecule has 2 rings (SSSR count). The van der Waals surface area contributed by atoms with Crippen molar-refractivity contribution < 1.29 is 14.3 Å². The molecule has 0 aliphatic rings. The molecule has 0 aliphatic heterocycles. The first kappa shape index (κ1) is 15.0. The minimum absolute atomic E-state index is 0.0933. The van der Waals surface area contributed by atoms with E-state index in [1.807, 2.05) is 48.7 Å². The number of hydrogen-bond donors (Lipinski definition) is 1. The number of benzene rings is 1. The van der Waals surface area contributed by atoms with E-state index in [1.165, 1.54) is 0 Å². The van der Waals surface area contributed by atoms with Crippen LogP contribution in [-0.2, 0) is 14.3 Å². The van der Waals surface area contributed by atoms with Crippen LogP contribution in [0.2, 0.25) is 0 Å². The molecule has 4 heteroatoms. The second-order valence-electron chi connectivity index (χ2n) is 5.17.